The summed E-state index contributed by atoms with van der Waals surface area (Å²) in [6, 6.07) is 21.1. The molecule has 4 aliphatic carbocycles. The minimum Gasteiger partial charge on any atom is -0.507 e. The molecule has 2 fully saturated rings. The Balaban J connectivity index is 0.000000280. The van der Waals surface area contributed by atoms with Crippen molar-refractivity contribution < 1.29 is 157 Å². The number of ketones is 6. The maximum absolute atomic E-state index is 13.9. The Kier molecular flexibility index (Phi) is 37.5. The monoisotopic (exact) mass is 1930 g/mol. The minimum absolute atomic E-state index is 0. The fourth-order valence-corrected chi connectivity index (χ4v) is 15.8. The number of aliphatic hydroxyl groups is 8. The highest BCUT2D eigenvalue weighted by atomic mass is 35.5. The van der Waals surface area contributed by atoms with Gasteiger partial charge in [-0.3, -0.25) is 63.9 Å². The predicted molar refractivity (Wildman–Crippen MR) is 467 cm³/mol. The molecule has 722 valence electrons. The molecule has 0 radical (unpaired) electrons. The SMILES string of the molecule is Cc1cccc2c1C(=O)c1c(O)c3c(c(O)c1C2=O)C[C@@](O)(C(=O)CO)C[C@@H]3O[C@H]1C[C@H](CC(=O)OCc2cc(OCCCN=[N+]=[N-])ccc2[N+](=O)[O-])[C@H](O)[C@H](C)O1.Cc1cccc2c1C(=O)c1c(O)c3c(c(O)c1C2=O)C[C@@](O)(C(=O)CO)C[C@@H]3O[C@H]1C[C@H](N)[C@H](O)[C@H](C)O1.Cl.Cl.[2H]OC.[2H]OCN=[N+]=[N-].[N-]=[N+]=NCCCOc1ccc([N+](=O)[O-])c(COC(=O)Oc2ccc([N+](=O)[O-])cc2)c1. The number of nitro benzene ring substituents is 3. The molecule has 48 nitrogen and oxygen atoms in total. The molecule has 0 saturated carbocycles. The second kappa shape index (κ2) is 48.3. The topological polar surface area (TPSA) is 764 Å². The second-order valence-electron chi connectivity index (χ2n) is 30.7. The number of fused-ring (bicyclic) bond motifs is 6. The van der Waals surface area contributed by atoms with E-state index in [1.165, 1.54) is 74.7 Å². The summed E-state index contributed by atoms with van der Waals surface area (Å²) in [7, 11) is 1.29. The summed E-state index contributed by atoms with van der Waals surface area (Å²) in [4.78, 5) is 144. The number of aryl methyl sites for hydroxylation is 2. The third-order valence-corrected chi connectivity index (χ3v) is 22.2. The molecule has 12 atom stereocenters. The van der Waals surface area contributed by atoms with Crippen LogP contribution in [0.25, 0.3) is 31.3 Å². The third-order valence-electron chi connectivity index (χ3n) is 22.2. The Morgan fingerprint density at radius 2 is 0.993 bits per heavy atom. The summed E-state index contributed by atoms with van der Waals surface area (Å²) < 4.78 is 61.7. The van der Waals surface area contributed by atoms with Crippen molar-refractivity contribution in [3.05, 3.63) is 248 Å². The molecule has 0 amide bonds. The number of nitro groups is 3. The van der Waals surface area contributed by atoms with E-state index in [1.807, 2.05) is 0 Å². The van der Waals surface area contributed by atoms with E-state index in [-0.39, 0.29) is 155 Å². The van der Waals surface area contributed by atoms with Gasteiger partial charge in [0.05, 0.1) is 104 Å². The first kappa shape index (κ1) is 105. The van der Waals surface area contributed by atoms with Gasteiger partial charge in [0.1, 0.15) is 84.6 Å². The number of nitrogens with zero attached hydrogens (tertiary/aromatic N) is 12. The quantitative estimate of drug-likeness (QED) is 0.00230. The van der Waals surface area contributed by atoms with Gasteiger partial charge in [-0.2, -0.15) is 0 Å². The lowest BCUT2D eigenvalue weighted by molar-refractivity contribution is -0.386. The van der Waals surface area contributed by atoms with Crippen LogP contribution in [-0.4, -0.2) is 233 Å². The Hall–Kier alpha value is -13.7. The number of hydrogen-bond donors (Lipinski definition) is 13. The van der Waals surface area contributed by atoms with Crippen molar-refractivity contribution in [1.82, 2.24) is 0 Å². The molecule has 0 bridgehead atoms. The van der Waals surface area contributed by atoms with E-state index >= 15 is 0 Å². The zero-order valence-corrected chi connectivity index (χ0v) is 73.8. The molecule has 7 aromatic rings. The molecule has 2 heterocycles. The van der Waals surface area contributed by atoms with Gasteiger partial charge in [-0.1, -0.05) is 51.7 Å². The highest BCUT2D eigenvalue weighted by Gasteiger charge is 2.53. The van der Waals surface area contributed by atoms with Crippen molar-refractivity contribution in [2.75, 3.05) is 53.4 Å². The number of hydrogen-bond acceptors (Lipinski definition) is 39. The number of aromatic hydroxyl groups is 4. The van der Waals surface area contributed by atoms with Crippen molar-refractivity contribution in [2.45, 2.75) is 165 Å². The lowest BCUT2D eigenvalue weighted by Crippen LogP contribution is -2.53. The van der Waals surface area contributed by atoms with Gasteiger partial charge in [-0.05, 0) is 105 Å². The number of rotatable bonds is 30. The lowest BCUT2D eigenvalue weighted by atomic mass is 9.71. The van der Waals surface area contributed by atoms with Crippen molar-refractivity contribution in [2.24, 2.45) is 27.0 Å². The Morgan fingerprint density at radius 3 is 1.39 bits per heavy atom. The van der Waals surface area contributed by atoms with Crippen molar-refractivity contribution in [3.8, 4) is 40.2 Å². The van der Waals surface area contributed by atoms with E-state index in [0.29, 0.717) is 29.7 Å². The van der Waals surface area contributed by atoms with Crippen LogP contribution in [0.3, 0.4) is 0 Å². The molecular formula is C85H93Cl2N13O35. The van der Waals surface area contributed by atoms with Crippen LogP contribution in [0, 0.1) is 50.1 Å². The van der Waals surface area contributed by atoms with Gasteiger partial charge < -0.3 is 110 Å². The van der Waals surface area contributed by atoms with E-state index in [0.717, 1.165) is 12.1 Å². The van der Waals surface area contributed by atoms with Crippen LogP contribution >= 0.6 is 24.8 Å². The van der Waals surface area contributed by atoms with Crippen LogP contribution in [-0.2, 0) is 68.9 Å². The van der Waals surface area contributed by atoms with E-state index in [4.69, 9.17) is 67.8 Å². The molecule has 2 saturated heterocycles. The number of azide groups is 3. The van der Waals surface area contributed by atoms with Gasteiger partial charge in [0, 0.05) is 154 Å². The molecule has 13 rings (SSSR count). The molecule has 50 heteroatoms. The smallest absolute Gasteiger partial charge is 0.507 e. The van der Waals surface area contributed by atoms with E-state index < -0.39 is 238 Å². The molecular weight excluding hydrogens is 1830 g/mol. The van der Waals surface area contributed by atoms with E-state index in [1.54, 1.807) is 45.0 Å². The van der Waals surface area contributed by atoms with Gasteiger partial charge >= 0.3 is 12.1 Å². The largest absolute Gasteiger partial charge is 0.514 e. The number of carbonyl (C=O) groups excluding carboxylic acids is 8. The zero-order valence-electron chi connectivity index (χ0n) is 74.2. The number of halogens is 2. The molecule has 6 aliphatic rings. The third kappa shape index (κ3) is 24.8. The first-order valence-electron chi connectivity index (χ1n) is 41.2. The number of benzene rings is 7. The molecule has 14 N–H and O–H groups in total. The van der Waals surface area contributed by atoms with Gasteiger partial charge in [0.15, 0.2) is 47.3 Å². The summed E-state index contributed by atoms with van der Waals surface area (Å²) >= 11 is 0. The summed E-state index contributed by atoms with van der Waals surface area (Å²) in [5, 5.41) is 159. The number of non-ortho nitro benzene ring substituents is 1. The number of ether oxygens (including phenoxy) is 9. The molecule has 2 aliphatic heterocycles. The molecule has 0 spiro atoms. The summed E-state index contributed by atoms with van der Waals surface area (Å²) in [6.45, 7) is 3.83. The van der Waals surface area contributed by atoms with Crippen molar-refractivity contribution >= 4 is 88.7 Å². The standard InChI is InChI=1S/C39H40N4O15.C27H29NO10.C17H15N5O8.CH3N3O.CH4O.2ClH/c1-18-5-3-6-23-30(18)37(50)33-32(35(23)48)36(49)24-14-39(52,27(45)16-44)15-26(31(24)38(33)51)58-29-13-20(34(47)19(2)57-29)12-28(46)56-17-21-11-22(7-8-25(21)43(53)54)55-10-4-9-41-42-40;1-10-4-3-5-12-18(10)25(34)21-20(23(12)32)24(33)13-7-27(36,16(30)9-29)8-15(19(13)26(21)35)38-17-6-14(28)22(31)11(2)37-17;18-20-19-8-1-9-28-15-6-7-16(22(26)27)12(10-15)11-29-17(23)30-14-4-2-13(3-5-14)21(24)25;2-4-3-1-5;1-2;;/h3,5-8,11,19-20,26,29,34,44,47,49,51-52H,4,9-10,12-17H2,1-2H3;3-5,11,14-15,17,22,29,31,33,35-36H,6-9,28H2,1-2H3;2-7,10H,1,8-9,11H2;5H,1H2;2H,1H3;2*1H/t19-,20-,26-,29-,34+,39-;11-,14-,15-,17-,22+,27-;;;;;/m00...../s1/i;;;5D;2D;;. The molecule has 135 heavy (non-hydrogen) atoms. The van der Waals surface area contributed by atoms with Crippen LogP contribution in [0.4, 0.5) is 21.9 Å². The fourth-order valence-electron chi connectivity index (χ4n) is 15.8. The van der Waals surface area contributed by atoms with Crippen LogP contribution in [0.15, 0.2) is 112 Å². The van der Waals surface area contributed by atoms with Gasteiger partial charge in [-0.25, -0.2) is 4.79 Å². The molecule has 7 aromatic carbocycles. The second-order valence-corrected chi connectivity index (χ2v) is 30.7. The number of aliphatic hydroxyl groups excluding tert-OH is 6. The lowest BCUT2D eigenvalue weighted by Gasteiger charge is -2.42. The average Bonchev–Trinajstić information content (AvgIpc) is 0.713. The summed E-state index contributed by atoms with van der Waals surface area (Å²) in [5.41, 5.74) is 23.4. The van der Waals surface area contributed by atoms with Crippen LogP contribution in [0.5, 0.6) is 40.2 Å². The maximum Gasteiger partial charge on any atom is 0.514 e. The number of esters is 1. The van der Waals surface area contributed by atoms with Crippen LogP contribution in [0.2, 0.25) is 0 Å². The fraction of sp³-hybridized carbons (Fsp3) is 0.412. The zero-order chi connectivity index (χ0) is 99.2. The van der Waals surface area contributed by atoms with Gasteiger partial charge in [-0.15, -0.1) is 24.8 Å². The Labute approximate surface area is 778 Å². The Bertz CT molecular complexity index is 5860. The van der Waals surface area contributed by atoms with Crippen molar-refractivity contribution in [1.29, 1.82) is 2.86 Å². The number of nitrogens with two attached hydrogens (primary N) is 1. The highest BCUT2D eigenvalue weighted by molar-refractivity contribution is 6.32. The Morgan fingerprint density at radius 1 is 0.578 bits per heavy atom. The minimum atomic E-state index is -2.37. The summed E-state index contributed by atoms with van der Waals surface area (Å²) in [6.07, 6.45) is -12.2. The first-order chi connectivity index (χ1) is 64.2. The predicted octanol–water partition coefficient (Wildman–Crippen LogP) is 9.01. The highest BCUT2D eigenvalue weighted by Crippen LogP contribution is 2.55. The van der Waals surface area contributed by atoms with Gasteiger partial charge in [0.25, 0.3) is 17.1 Å². The van der Waals surface area contributed by atoms with Gasteiger partial charge in [0.2, 0.25) is 2.86 Å². The van der Waals surface area contributed by atoms with Crippen LogP contribution < -0.4 is 19.9 Å². The van der Waals surface area contributed by atoms with E-state index in [9.17, 15) is 120 Å². The maximum atomic E-state index is 13.9. The van der Waals surface area contributed by atoms with E-state index in [2.05, 4.69) is 40.3 Å². The number of phenolic OH excluding ortho intramolecular Hbond substituents is 4. The molecule has 0 unspecified atom stereocenters. The van der Waals surface area contributed by atoms with Crippen LogP contribution in [0.1, 0.15) is 179 Å². The summed E-state index contributed by atoms with van der Waals surface area (Å²) in [5.74, 6) is -8.82. The normalized spacial score (nSPS) is 21.3. The average molecular weight is 1930 g/mol. The first-order valence-corrected chi connectivity index (χ1v) is 40.4. The number of Topliss-reactive ketones (excluding diaryl/α,β-unsaturated/α-hetero) is 2. The van der Waals surface area contributed by atoms with Crippen molar-refractivity contribution in [3.63, 3.8) is 0 Å². The number of phenols is 4. The molecule has 0 aromatic heterocycles. The number of carbonyl (C=O) groups is 8.